The molecule has 3 aromatic rings. The van der Waals surface area contributed by atoms with E-state index >= 15 is 0 Å². The van der Waals surface area contributed by atoms with Crippen LogP contribution in [-0.4, -0.2) is 10.9 Å². The summed E-state index contributed by atoms with van der Waals surface area (Å²) in [6.07, 6.45) is 3.23. The second-order valence-corrected chi connectivity index (χ2v) is 7.06. The number of benzene rings is 1. The van der Waals surface area contributed by atoms with Crippen LogP contribution in [0.4, 0.5) is 5.82 Å². The number of pyridine rings is 1. The Labute approximate surface area is 159 Å². The van der Waals surface area contributed by atoms with Crippen LogP contribution in [0.5, 0.6) is 0 Å². The van der Waals surface area contributed by atoms with Crippen molar-refractivity contribution in [2.45, 2.75) is 11.0 Å². The molecule has 1 atom stereocenters. The largest absolute Gasteiger partial charge is 0.468 e. The number of amides is 1. The van der Waals surface area contributed by atoms with Gasteiger partial charge in [0.25, 0.3) is 0 Å². The van der Waals surface area contributed by atoms with E-state index in [2.05, 4.69) is 10.3 Å². The molecule has 3 rings (SSSR count). The fourth-order valence-electron chi connectivity index (χ4n) is 2.19. The van der Waals surface area contributed by atoms with Gasteiger partial charge in [-0.2, -0.15) is 0 Å². The monoisotopic (exact) mass is 392 g/mol. The number of aromatic nitrogens is 1. The Morgan fingerprint density at radius 2 is 2.04 bits per heavy atom. The maximum atomic E-state index is 12.8. The third-order valence-electron chi connectivity index (χ3n) is 3.37. The number of furan rings is 1. The number of hydrogen-bond donors (Lipinski definition) is 1. The Balaban J connectivity index is 1.82. The van der Waals surface area contributed by atoms with Gasteiger partial charge in [-0.1, -0.05) is 35.3 Å². The SMILES string of the molecule is O=C(Nc1ccccn1)[C@H](SCc1ccco1)c1ccc(Cl)c(Cl)c1. The van der Waals surface area contributed by atoms with Crippen LogP contribution in [0.25, 0.3) is 0 Å². The van der Waals surface area contributed by atoms with Crippen molar-refractivity contribution in [3.05, 3.63) is 82.4 Å². The third-order valence-corrected chi connectivity index (χ3v) is 5.38. The molecule has 0 saturated heterocycles. The molecule has 0 radical (unpaired) electrons. The first-order valence-electron chi connectivity index (χ1n) is 7.44. The van der Waals surface area contributed by atoms with Gasteiger partial charge in [0, 0.05) is 6.20 Å². The molecule has 0 aliphatic heterocycles. The summed E-state index contributed by atoms with van der Waals surface area (Å²) in [5.41, 5.74) is 0.763. The van der Waals surface area contributed by atoms with Crippen molar-refractivity contribution in [2.24, 2.45) is 0 Å². The first kappa shape index (κ1) is 17.9. The number of halogens is 2. The molecular weight excluding hydrogens is 379 g/mol. The Morgan fingerprint density at radius 3 is 2.72 bits per heavy atom. The molecule has 0 saturated carbocycles. The van der Waals surface area contributed by atoms with E-state index in [-0.39, 0.29) is 5.91 Å². The van der Waals surface area contributed by atoms with E-state index in [1.807, 2.05) is 18.2 Å². The lowest BCUT2D eigenvalue weighted by Crippen LogP contribution is -2.19. The van der Waals surface area contributed by atoms with Crippen molar-refractivity contribution in [1.29, 1.82) is 0 Å². The number of anilines is 1. The Morgan fingerprint density at radius 1 is 1.16 bits per heavy atom. The molecule has 0 fully saturated rings. The quantitative estimate of drug-likeness (QED) is 0.593. The van der Waals surface area contributed by atoms with Crippen LogP contribution in [-0.2, 0) is 10.5 Å². The van der Waals surface area contributed by atoms with Crippen molar-refractivity contribution in [2.75, 3.05) is 5.32 Å². The number of carbonyl (C=O) groups excluding carboxylic acids is 1. The summed E-state index contributed by atoms with van der Waals surface area (Å²) in [4.78, 5) is 16.9. The van der Waals surface area contributed by atoms with E-state index in [4.69, 9.17) is 27.6 Å². The second-order valence-electron chi connectivity index (χ2n) is 5.15. The van der Waals surface area contributed by atoms with Gasteiger partial charge in [0.1, 0.15) is 16.8 Å². The minimum Gasteiger partial charge on any atom is -0.468 e. The highest BCUT2D eigenvalue weighted by molar-refractivity contribution is 7.99. The summed E-state index contributed by atoms with van der Waals surface area (Å²) in [5, 5.41) is 3.20. The van der Waals surface area contributed by atoms with E-state index in [0.29, 0.717) is 21.6 Å². The molecule has 0 bridgehead atoms. The van der Waals surface area contributed by atoms with Crippen molar-refractivity contribution >= 4 is 46.7 Å². The molecule has 0 aliphatic rings. The topological polar surface area (TPSA) is 55.1 Å². The van der Waals surface area contributed by atoms with Gasteiger partial charge in [-0.15, -0.1) is 11.8 Å². The zero-order chi connectivity index (χ0) is 17.6. The zero-order valence-electron chi connectivity index (χ0n) is 13.0. The first-order chi connectivity index (χ1) is 12.1. The summed E-state index contributed by atoms with van der Waals surface area (Å²) in [6.45, 7) is 0. The molecule has 1 N–H and O–H groups in total. The lowest BCUT2D eigenvalue weighted by molar-refractivity contribution is -0.115. The Kier molecular flexibility index (Phi) is 6.02. The van der Waals surface area contributed by atoms with E-state index in [1.54, 1.807) is 42.8 Å². The van der Waals surface area contributed by atoms with Crippen LogP contribution in [0.3, 0.4) is 0 Å². The van der Waals surface area contributed by atoms with Crippen LogP contribution >= 0.6 is 35.0 Å². The third kappa shape index (κ3) is 4.78. The van der Waals surface area contributed by atoms with Gasteiger partial charge in [0.2, 0.25) is 5.91 Å². The highest BCUT2D eigenvalue weighted by Crippen LogP contribution is 2.35. The first-order valence-corrected chi connectivity index (χ1v) is 9.25. The highest BCUT2D eigenvalue weighted by atomic mass is 35.5. The normalized spacial score (nSPS) is 11.9. The van der Waals surface area contributed by atoms with Crippen LogP contribution in [0.15, 0.2) is 65.4 Å². The molecule has 2 aromatic heterocycles. The molecule has 1 aromatic carbocycles. The van der Waals surface area contributed by atoms with Gasteiger partial charge in [-0.3, -0.25) is 4.79 Å². The van der Waals surface area contributed by atoms with Crippen LogP contribution < -0.4 is 5.32 Å². The van der Waals surface area contributed by atoms with Crippen LogP contribution in [0.2, 0.25) is 10.0 Å². The number of rotatable bonds is 6. The molecule has 4 nitrogen and oxygen atoms in total. The van der Waals surface area contributed by atoms with Gasteiger partial charge < -0.3 is 9.73 Å². The average molecular weight is 393 g/mol. The van der Waals surface area contributed by atoms with Gasteiger partial charge in [-0.25, -0.2) is 4.98 Å². The fraction of sp³-hybridized carbons (Fsp3) is 0.111. The number of hydrogen-bond acceptors (Lipinski definition) is 4. The van der Waals surface area contributed by atoms with E-state index in [0.717, 1.165) is 11.3 Å². The number of thioether (sulfide) groups is 1. The zero-order valence-corrected chi connectivity index (χ0v) is 15.3. The van der Waals surface area contributed by atoms with E-state index in [1.165, 1.54) is 11.8 Å². The minimum absolute atomic E-state index is 0.186. The fourth-order valence-corrected chi connectivity index (χ4v) is 3.54. The smallest absolute Gasteiger partial charge is 0.243 e. The van der Waals surface area contributed by atoms with Gasteiger partial charge >= 0.3 is 0 Å². The van der Waals surface area contributed by atoms with E-state index in [9.17, 15) is 4.79 Å². The summed E-state index contributed by atoms with van der Waals surface area (Å²) in [5.74, 6) is 1.65. The number of carbonyl (C=O) groups is 1. The molecule has 2 heterocycles. The predicted molar refractivity (Wildman–Crippen MR) is 102 cm³/mol. The summed E-state index contributed by atoms with van der Waals surface area (Å²) in [7, 11) is 0. The lowest BCUT2D eigenvalue weighted by Gasteiger charge is -2.17. The van der Waals surface area contributed by atoms with Crippen molar-refractivity contribution in [1.82, 2.24) is 4.98 Å². The highest BCUT2D eigenvalue weighted by Gasteiger charge is 2.23. The molecule has 0 aliphatic carbocycles. The summed E-state index contributed by atoms with van der Waals surface area (Å²) >= 11 is 13.5. The Bertz CT molecular complexity index is 842. The van der Waals surface area contributed by atoms with Crippen LogP contribution in [0.1, 0.15) is 16.6 Å². The molecule has 0 unspecified atom stereocenters. The molecule has 7 heteroatoms. The maximum absolute atomic E-state index is 12.8. The summed E-state index contributed by atoms with van der Waals surface area (Å²) < 4.78 is 5.35. The standard InChI is InChI=1S/C18H14Cl2N2O2S/c19-14-7-6-12(10-15(14)20)17(25-11-13-4-3-9-24-13)18(23)22-16-5-1-2-8-21-16/h1-10,17H,11H2,(H,21,22,23)/t17-/m1/s1. The number of nitrogens with one attached hydrogen (secondary N) is 1. The van der Waals surface area contributed by atoms with Gasteiger partial charge in [0.15, 0.2) is 0 Å². The average Bonchev–Trinajstić information content (AvgIpc) is 3.12. The Hall–Kier alpha value is -1.95. The minimum atomic E-state index is -0.484. The van der Waals surface area contributed by atoms with Crippen LogP contribution in [0, 0.1) is 0 Å². The van der Waals surface area contributed by atoms with Crippen molar-refractivity contribution < 1.29 is 9.21 Å². The van der Waals surface area contributed by atoms with E-state index < -0.39 is 5.25 Å². The maximum Gasteiger partial charge on any atom is 0.243 e. The van der Waals surface area contributed by atoms with Crippen molar-refractivity contribution in [3.8, 4) is 0 Å². The number of nitrogens with zero attached hydrogens (tertiary/aromatic N) is 1. The molecular formula is C18H14Cl2N2O2S. The predicted octanol–water partition coefficient (Wildman–Crippen LogP) is 5.59. The van der Waals surface area contributed by atoms with Crippen molar-refractivity contribution in [3.63, 3.8) is 0 Å². The molecule has 1 amide bonds. The molecule has 128 valence electrons. The molecule has 0 spiro atoms. The van der Waals surface area contributed by atoms with Gasteiger partial charge in [0.05, 0.1) is 22.1 Å². The second kappa shape index (κ2) is 8.43. The molecule has 25 heavy (non-hydrogen) atoms. The van der Waals surface area contributed by atoms with Gasteiger partial charge in [-0.05, 0) is 42.0 Å². The summed E-state index contributed by atoms with van der Waals surface area (Å²) in [6, 6.07) is 14.2. The lowest BCUT2D eigenvalue weighted by atomic mass is 10.1.